The number of carbonyl (C=O) groups is 1. The molecule has 1 atom stereocenters. The van der Waals surface area contributed by atoms with E-state index in [1.54, 1.807) is 12.1 Å². The van der Waals surface area contributed by atoms with Crippen molar-refractivity contribution in [3.63, 3.8) is 0 Å². The Hall–Kier alpha value is -1.52. The molecule has 0 heterocycles. The SMILES string of the molecule is C[C@@H](NC(=O)COc1ccccc1Cl)c1ccc(Br)cc1. The molecule has 0 saturated carbocycles. The van der Waals surface area contributed by atoms with Gasteiger partial charge in [0.1, 0.15) is 5.75 Å². The predicted octanol–water partition coefficient (Wildman–Crippen LogP) is 4.36. The quantitative estimate of drug-likeness (QED) is 0.851. The van der Waals surface area contributed by atoms with Gasteiger partial charge < -0.3 is 10.1 Å². The molecule has 0 bridgehead atoms. The monoisotopic (exact) mass is 367 g/mol. The fraction of sp³-hybridized carbons (Fsp3) is 0.188. The van der Waals surface area contributed by atoms with E-state index in [1.807, 2.05) is 43.3 Å². The van der Waals surface area contributed by atoms with Crippen LogP contribution < -0.4 is 10.1 Å². The van der Waals surface area contributed by atoms with Gasteiger partial charge in [-0.1, -0.05) is 51.8 Å². The van der Waals surface area contributed by atoms with Gasteiger partial charge in [-0.2, -0.15) is 0 Å². The summed E-state index contributed by atoms with van der Waals surface area (Å²) in [5.41, 5.74) is 1.03. The molecule has 0 aliphatic carbocycles. The van der Waals surface area contributed by atoms with Crippen molar-refractivity contribution in [3.05, 3.63) is 63.6 Å². The van der Waals surface area contributed by atoms with Gasteiger partial charge in [-0.15, -0.1) is 0 Å². The number of rotatable bonds is 5. The molecule has 21 heavy (non-hydrogen) atoms. The Balaban J connectivity index is 1.87. The Labute approximate surface area is 137 Å². The zero-order valence-corrected chi connectivity index (χ0v) is 13.8. The first-order chi connectivity index (χ1) is 10.1. The molecule has 0 aliphatic rings. The molecular formula is C16H15BrClNO2. The van der Waals surface area contributed by atoms with E-state index in [2.05, 4.69) is 21.2 Å². The predicted molar refractivity (Wildman–Crippen MR) is 87.6 cm³/mol. The van der Waals surface area contributed by atoms with Crippen molar-refractivity contribution >= 4 is 33.4 Å². The van der Waals surface area contributed by atoms with Crippen molar-refractivity contribution in [2.45, 2.75) is 13.0 Å². The van der Waals surface area contributed by atoms with E-state index in [-0.39, 0.29) is 18.6 Å². The van der Waals surface area contributed by atoms with Gasteiger partial charge in [-0.25, -0.2) is 0 Å². The van der Waals surface area contributed by atoms with E-state index < -0.39 is 0 Å². The Morgan fingerprint density at radius 2 is 1.90 bits per heavy atom. The van der Waals surface area contributed by atoms with Crippen LogP contribution in [0.2, 0.25) is 5.02 Å². The average Bonchev–Trinajstić information content (AvgIpc) is 2.47. The van der Waals surface area contributed by atoms with Crippen molar-refractivity contribution in [3.8, 4) is 5.75 Å². The standard InChI is InChI=1S/C16H15BrClNO2/c1-11(12-6-8-13(17)9-7-12)19-16(20)10-21-15-5-3-2-4-14(15)18/h2-9,11H,10H2,1H3,(H,19,20)/t11-/m1/s1. The largest absolute Gasteiger partial charge is 0.482 e. The van der Waals surface area contributed by atoms with Crippen molar-refractivity contribution in [2.75, 3.05) is 6.61 Å². The van der Waals surface area contributed by atoms with Crippen LogP contribution in [0.3, 0.4) is 0 Å². The summed E-state index contributed by atoms with van der Waals surface area (Å²) in [6.07, 6.45) is 0. The van der Waals surface area contributed by atoms with E-state index in [0.29, 0.717) is 10.8 Å². The maximum Gasteiger partial charge on any atom is 0.258 e. The summed E-state index contributed by atoms with van der Waals surface area (Å²) in [5, 5.41) is 3.37. The highest BCUT2D eigenvalue weighted by atomic mass is 79.9. The Kier molecular flexibility index (Phi) is 5.65. The lowest BCUT2D eigenvalue weighted by atomic mass is 10.1. The van der Waals surface area contributed by atoms with Crippen molar-refractivity contribution in [2.24, 2.45) is 0 Å². The normalized spacial score (nSPS) is 11.8. The van der Waals surface area contributed by atoms with E-state index in [1.165, 1.54) is 0 Å². The summed E-state index contributed by atoms with van der Waals surface area (Å²) in [5.74, 6) is 0.316. The molecule has 3 nitrogen and oxygen atoms in total. The van der Waals surface area contributed by atoms with Gasteiger partial charge in [0.25, 0.3) is 5.91 Å². The number of ether oxygens (including phenoxy) is 1. The van der Waals surface area contributed by atoms with Gasteiger partial charge in [0.2, 0.25) is 0 Å². The summed E-state index contributed by atoms with van der Waals surface area (Å²) in [4.78, 5) is 11.9. The highest BCUT2D eigenvalue weighted by molar-refractivity contribution is 9.10. The molecule has 2 aromatic carbocycles. The van der Waals surface area contributed by atoms with Crippen molar-refractivity contribution < 1.29 is 9.53 Å². The summed E-state index contributed by atoms with van der Waals surface area (Å²) in [7, 11) is 0. The lowest BCUT2D eigenvalue weighted by Gasteiger charge is -2.15. The highest BCUT2D eigenvalue weighted by Gasteiger charge is 2.10. The first-order valence-electron chi connectivity index (χ1n) is 6.48. The minimum absolute atomic E-state index is 0.0649. The summed E-state index contributed by atoms with van der Waals surface area (Å²) in [6, 6.07) is 14.8. The molecule has 2 rings (SSSR count). The third-order valence-corrected chi connectivity index (χ3v) is 3.78. The fourth-order valence-corrected chi connectivity index (χ4v) is 2.28. The second kappa shape index (κ2) is 7.48. The number of hydrogen-bond donors (Lipinski definition) is 1. The van der Waals surface area contributed by atoms with Gasteiger partial charge in [-0.05, 0) is 36.8 Å². The van der Waals surface area contributed by atoms with Crippen LogP contribution in [-0.2, 0) is 4.79 Å². The summed E-state index contributed by atoms with van der Waals surface area (Å²) < 4.78 is 6.41. The third kappa shape index (κ3) is 4.76. The van der Waals surface area contributed by atoms with E-state index in [9.17, 15) is 4.79 Å². The molecule has 0 aliphatic heterocycles. The minimum atomic E-state index is -0.190. The number of para-hydroxylation sites is 1. The van der Waals surface area contributed by atoms with Crippen LogP contribution >= 0.6 is 27.5 Å². The zero-order valence-electron chi connectivity index (χ0n) is 11.5. The lowest BCUT2D eigenvalue weighted by Crippen LogP contribution is -2.31. The van der Waals surface area contributed by atoms with E-state index in [4.69, 9.17) is 16.3 Å². The number of benzene rings is 2. The maximum absolute atomic E-state index is 11.9. The second-order valence-corrected chi connectivity index (χ2v) is 5.88. The van der Waals surface area contributed by atoms with Gasteiger partial charge in [-0.3, -0.25) is 4.79 Å². The zero-order chi connectivity index (χ0) is 15.2. The van der Waals surface area contributed by atoms with Gasteiger partial charge in [0.15, 0.2) is 6.61 Å². The molecule has 110 valence electrons. The number of carbonyl (C=O) groups excluding carboxylic acids is 1. The molecule has 0 aromatic heterocycles. The molecule has 5 heteroatoms. The Bertz CT molecular complexity index is 616. The maximum atomic E-state index is 11.9. The van der Waals surface area contributed by atoms with E-state index in [0.717, 1.165) is 10.0 Å². The molecule has 0 fully saturated rings. The van der Waals surface area contributed by atoms with Crippen LogP contribution in [0.4, 0.5) is 0 Å². The summed E-state index contributed by atoms with van der Waals surface area (Å²) >= 11 is 9.35. The lowest BCUT2D eigenvalue weighted by molar-refractivity contribution is -0.123. The molecule has 0 radical (unpaired) electrons. The molecule has 0 spiro atoms. The van der Waals surface area contributed by atoms with Crippen LogP contribution in [-0.4, -0.2) is 12.5 Å². The van der Waals surface area contributed by atoms with Gasteiger partial charge >= 0.3 is 0 Å². The molecule has 0 unspecified atom stereocenters. The number of amides is 1. The topological polar surface area (TPSA) is 38.3 Å². The van der Waals surface area contributed by atoms with Crippen LogP contribution in [0.1, 0.15) is 18.5 Å². The molecule has 0 saturated heterocycles. The number of hydrogen-bond acceptors (Lipinski definition) is 2. The Morgan fingerprint density at radius 3 is 2.57 bits per heavy atom. The highest BCUT2D eigenvalue weighted by Crippen LogP contribution is 2.23. The smallest absolute Gasteiger partial charge is 0.258 e. The van der Waals surface area contributed by atoms with Crippen LogP contribution in [0.25, 0.3) is 0 Å². The number of halogens is 2. The summed E-state index contributed by atoms with van der Waals surface area (Å²) in [6.45, 7) is 1.86. The van der Waals surface area contributed by atoms with Crippen molar-refractivity contribution in [1.82, 2.24) is 5.32 Å². The van der Waals surface area contributed by atoms with E-state index >= 15 is 0 Å². The first kappa shape index (κ1) is 15.9. The second-order valence-electron chi connectivity index (χ2n) is 4.56. The molecule has 1 N–H and O–H groups in total. The average molecular weight is 369 g/mol. The number of nitrogens with one attached hydrogen (secondary N) is 1. The molecule has 1 amide bonds. The van der Waals surface area contributed by atoms with Crippen LogP contribution in [0.15, 0.2) is 53.0 Å². The third-order valence-electron chi connectivity index (χ3n) is 2.94. The van der Waals surface area contributed by atoms with Gasteiger partial charge in [0.05, 0.1) is 11.1 Å². The van der Waals surface area contributed by atoms with Crippen molar-refractivity contribution in [1.29, 1.82) is 0 Å². The molecular weight excluding hydrogens is 354 g/mol. The van der Waals surface area contributed by atoms with Crippen LogP contribution in [0.5, 0.6) is 5.75 Å². The Morgan fingerprint density at radius 1 is 1.24 bits per heavy atom. The first-order valence-corrected chi connectivity index (χ1v) is 7.65. The van der Waals surface area contributed by atoms with Crippen LogP contribution in [0, 0.1) is 0 Å². The fourth-order valence-electron chi connectivity index (χ4n) is 1.82. The minimum Gasteiger partial charge on any atom is -0.482 e. The molecule has 2 aromatic rings. The van der Waals surface area contributed by atoms with Gasteiger partial charge in [0, 0.05) is 4.47 Å².